The van der Waals surface area contributed by atoms with E-state index >= 15 is 0 Å². The van der Waals surface area contributed by atoms with Crippen molar-refractivity contribution in [3.8, 4) is 11.1 Å². The summed E-state index contributed by atoms with van der Waals surface area (Å²) in [5.74, 6) is 0.509. The van der Waals surface area contributed by atoms with Gasteiger partial charge in [-0.2, -0.15) is 0 Å². The van der Waals surface area contributed by atoms with Gasteiger partial charge in [0, 0.05) is 10.4 Å². The number of aromatic nitrogens is 2. The molecule has 2 aromatic heterocycles. The highest BCUT2D eigenvalue weighted by molar-refractivity contribution is 7.19. The highest BCUT2D eigenvalue weighted by atomic mass is 32.1. The highest BCUT2D eigenvalue weighted by Crippen LogP contribution is 2.35. The van der Waals surface area contributed by atoms with E-state index in [-0.39, 0.29) is 5.56 Å². The third-order valence-electron chi connectivity index (χ3n) is 3.54. The highest BCUT2D eigenvalue weighted by Gasteiger charge is 2.15. The Hall–Kier alpha value is -1.94. The van der Waals surface area contributed by atoms with Gasteiger partial charge in [0.25, 0.3) is 5.56 Å². The molecule has 2 heterocycles. The summed E-state index contributed by atoms with van der Waals surface area (Å²) in [6, 6.07) is 8.45. The molecule has 20 heavy (non-hydrogen) atoms. The average Bonchev–Trinajstić information content (AvgIpc) is 2.76. The number of fused-ring (bicyclic) bond motifs is 1. The fourth-order valence-electron chi connectivity index (χ4n) is 2.44. The van der Waals surface area contributed by atoms with Crippen LogP contribution >= 0.6 is 11.3 Å². The first-order chi connectivity index (χ1) is 9.58. The molecule has 0 unspecified atom stereocenters. The van der Waals surface area contributed by atoms with Crippen LogP contribution in [0.1, 0.15) is 30.2 Å². The zero-order valence-electron chi connectivity index (χ0n) is 11.7. The van der Waals surface area contributed by atoms with E-state index in [1.54, 1.807) is 11.3 Å². The summed E-state index contributed by atoms with van der Waals surface area (Å²) in [7, 11) is 0. The molecular formula is C16H16N2OS. The van der Waals surface area contributed by atoms with Gasteiger partial charge >= 0.3 is 0 Å². The fourth-order valence-corrected chi connectivity index (χ4v) is 3.45. The van der Waals surface area contributed by atoms with Crippen molar-refractivity contribution in [3.63, 3.8) is 0 Å². The number of hydrogen-bond acceptors (Lipinski definition) is 3. The van der Waals surface area contributed by atoms with Gasteiger partial charge in [0.05, 0.1) is 11.7 Å². The number of thiophene rings is 1. The fraction of sp³-hybridized carbons (Fsp3) is 0.250. The van der Waals surface area contributed by atoms with Gasteiger partial charge in [0.15, 0.2) is 0 Å². The minimum Gasteiger partial charge on any atom is -0.313 e. The number of nitrogens with zero attached hydrogens (tertiary/aromatic N) is 1. The van der Waals surface area contributed by atoms with Crippen LogP contribution in [0.25, 0.3) is 21.3 Å². The number of nitrogens with one attached hydrogen (secondary N) is 1. The van der Waals surface area contributed by atoms with Gasteiger partial charge in [-0.3, -0.25) is 4.79 Å². The van der Waals surface area contributed by atoms with E-state index in [1.165, 1.54) is 11.9 Å². The molecule has 4 heteroatoms. The molecular weight excluding hydrogens is 268 g/mol. The van der Waals surface area contributed by atoms with Crippen molar-refractivity contribution in [3.05, 3.63) is 51.4 Å². The molecule has 0 aliphatic rings. The number of aromatic amines is 1. The first-order valence-corrected chi connectivity index (χ1v) is 7.46. The predicted octanol–water partition coefficient (Wildman–Crippen LogP) is 4.08. The van der Waals surface area contributed by atoms with Crippen LogP contribution in [-0.4, -0.2) is 9.97 Å². The normalized spacial score (nSPS) is 11.4. The number of aryl methyl sites for hydroxylation is 1. The maximum Gasteiger partial charge on any atom is 0.260 e. The smallest absolute Gasteiger partial charge is 0.260 e. The van der Waals surface area contributed by atoms with E-state index in [9.17, 15) is 4.79 Å². The molecule has 1 aromatic carbocycles. The van der Waals surface area contributed by atoms with Crippen LogP contribution in [0.4, 0.5) is 0 Å². The van der Waals surface area contributed by atoms with Gasteiger partial charge < -0.3 is 4.98 Å². The molecule has 0 aliphatic heterocycles. The van der Waals surface area contributed by atoms with Crippen LogP contribution in [0.5, 0.6) is 0 Å². The lowest BCUT2D eigenvalue weighted by molar-refractivity contribution is 0.867. The zero-order valence-corrected chi connectivity index (χ0v) is 12.5. The van der Waals surface area contributed by atoms with Gasteiger partial charge in [0.2, 0.25) is 0 Å². The molecule has 0 amide bonds. The van der Waals surface area contributed by atoms with E-state index < -0.39 is 0 Å². The first-order valence-electron chi connectivity index (χ1n) is 6.65. The van der Waals surface area contributed by atoms with Crippen LogP contribution in [0, 0.1) is 6.92 Å². The summed E-state index contributed by atoms with van der Waals surface area (Å²) >= 11 is 1.57. The summed E-state index contributed by atoms with van der Waals surface area (Å²) in [5, 5.41) is 0.701. The summed E-state index contributed by atoms with van der Waals surface area (Å²) in [6.07, 6.45) is 1.46. The van der Waals surface area contributed by atoms with Crippen LogP contribution in [0.2, 0.25) is 0 Å². The monoisotopic (exact) mass is 284 g/mol. The maximum absolute atomic E-state index is 12.1. The van der Waals surface area contributed by atoms with Crippen molar-refractivity contribution < 1.29 is 0 Å². The summed E-state index contributed by atoms with van der Waals surface area (Å²) in [5.41, 5.74) is 3.33. The Bertz CT molecular complexity index is 813. The first kappa shape index (κ1) is 13.1. The molecule has 0 bridgehead atoms. The van der Waals surface area contributed by atoms with Crippen LogP contribution in [-0.2, 0) is 0 Å². The van der Waals surface area contributed by atoms with Crippen molar-refractivity contribution in [1.29, 1.82) is 0 Å². The second-order valence-corrected chi connectivity index (χ2v) is 6.42. The Kier molecular flexibility index (Phi) is 3.18. The Morgan fingerprint density at radius 1 is 1.20 bits per heavy atom. The lowest BCUT2D eigenvalue weighted by atomic mass is 9.98. The van der Waals surface area contributed by atoms with Crippen molar-refractivity contribution in [2.75, 3.05) is 0 Å². The van der Waals surface area contributed by atoms with E-state index in [1.807, 2.05) is 6.92 Å². The molecule has 0 spiro atoms. The topological polar surface area (TPSA) is 45.8 Å². The van der Waals surface area contributed by atoms with Gasteiger partial charge in [0.1, 0.15) is 4.83 Å². The molecule has 0 radical (unpaired) electrons. The average molecular weight is 284 g/mol. The van der Waals surface area contributed by atoms with Crippen LogP contribution in [0.3, 0.4) is 0 Å². The number of hydrogen-bond donors (Lipinski definition) is 1. The third kappa shape index (κ3) is 2.06. The van der Waals surface area contributed by atoms with Gasteiger partial charge in [-0.05, 0) is 24.0 Å². The molecule has 0 aliphatic carbocycles. The molecule has 0 atom stereocenters. The molecule has 1 N–H and O–H groups in total. The maximum atomic E-state index is 12.1. The van der Waals surface area contributed by atoms with E-state index in [0.717, 1.165) is 20.8 Å². The predicted molar refractivity (Wildman–Crippen MR) is 84.5 cm³/mol. The zero-order chi connectivity index (χ0) is 14.3. The summed E-state index contributed by atoms with van der Waals surface area (Å²) in [6.45, 7) is 6.39. The van der Waals surface area contributed by atoms with Crippen molar-refractivity contribution >= 4 is 21.6 Å². The van der Waals surface area contributed by atoms with Crippen LogP contribution in [0.15, 0.2) is 35.4 Å². The van der Waals surface area contributed by atoms with E-state index in [2.05, 4.69) is 48.1 Å². The standard InChI is InChI=1S/C16H16N2OS/c1-9(2)11-4-6-12(7-5-11)13-10(3)20-16-14(13)15(19)17-8-18-16/h4-9H,1-3H3,(H,17,18,19). The Morgan fingerprint density at radius 3 is 2.55 bits per heavy atom. The lowest BCUT2D eigenvalue weighted by Gasteiger charge is -2.07. The third-order valence-corrected chi connectivity index (χ3v) is 4.55. The van der Waals surface area contributed by atoms with E-state index in [4.69, 9.17) is 0 Å². The summed E-state index contributed by atoms with van der Waals surface area (Å²) in [4.78, 5) is 20.9. The summed E-state index contributed by atoms with van der Waals surface area (Å²) < 4.78 is 0. The Labute approximate surface area is 121 Å². The second kappa shape index (κ2) is 4.87. The van der Waals surface area contributed by atoms with Gasteiger partial charge in [-0.25, -0.2) is 4.98 Å². The molecule has 0 fully saturated rings. The molecule has 3 nitrogen and oxygen atoms in total. The van der Waals surface area contributed by atoms with Gasteiger partial charge in [-0.1, -0.05) is 38.1 Å². The van der Waals surface area contributed by atoms with Crippen molar-refractivity contribution in [2.45, 2.75) is 26.7 Å². The quantitative estimate of drug-likeness (QED) is 0.770. The SMILES string of the molecule is Cc1sc2nc[nH]c(=O)c2c1-c1ccc(C(C)C)cc1. The second-order valence-electron chi connectivity index (χ2n) is 5.22. The minimum atomic E-state index is -0.0673. The number of benzene rings is 1. The number of rotatable bonds is 2. The lowest BCUT2D eigenvalue weighted by Crippen LogP contribution is -2.05. The van der Waals surface area contributed by atoms with Crippen molar-refractivity contribution in [2.24, 2.45) is 0 Å². The van der Waals surface area contributed by atoms with Crippen LogP contribution < -0.4 is 5.56 Å². The molecule has 0 saturated heterocycles. The van der Waals surface area contributed by atoms with Crippen molar-refractivity contribution in [1.82, 2.24) is 9.97 Å². The van der Waals surface area contributed by atoms with Gasteiger partial charge in [-0.15, -0.1) is 11.3 Å². The molecule has 3 rings (SSSR count). The molecule has 0 saturated carbocycles. The Morgan fingerprint density at radius 2 is 1.90 bits per heavy atom. The largest absolute Gasteiger partial charge is 0.313 e. The molecule has 3 aromatic rings. The van der Waals surface area contributed by atoms with E-state index in [0.29, 0.717) is 11.3 Å². The number of H-pyrrole nitrogens is 1. The molecule has 102 valence electrons. The Balaban J connectivity index is 2.24. The minimum absolute atomic E-state index is 0.0673.